The normalized spacial score (nSPS) is 17.2. The second-order valence-corrected chi connectivity index (χ2v) is 6.94. The Morgan fingerprint density at radius 1 is 1.39 bits per heavy atom. The number of hydrogen-bond donors (Lipinski definition) is 2. The van der Waals surface area contributed by atoms with Crippen LogP contribution in [0.3, 0.4) is 0 Å². The summed E-state index contributed by atoms with van der Waals surface area (Å²) in [4.78, 5) is 24.0. The molecule has 1 aromatic heterocycles. The standard InChI is InChI=1S/C20H27N5O3/c1-4-24(3)19-21-11-9-18(23-19)25-12-10-17(13-25)28-16-7-5-15(6-8-16)14(2)22-20(26)27/h5-9,11,14,17,22H,4,10,12-13H2,1-3H3,(H,26,27)/t14-,17+/m0/s1. The third-order valence-corrected chi connectivity index (χ3v) is 4.94. The zero-order chi connectivity index (χ0) is 20.1. The average Bonchev–Trinajstić information content (AvgIpc) is 3.16. The summed E-state index contributed by atoms with van der Waals surface area (Å²) in [5.41, 5.74) is 0.899. The van der Waals surface area contributed by atoms with Crippen LogP contribution in [0.4, 0.5) is 16.6 Å². The van der Waals surface area contributed by atoms with Gasteiger partial charge in [0.1, 0.15) is 17.7 Å². The van der Waals surface area contributed by atoms with Crippen molar-refractivity contribution < 1.29 is 14.6 Å². The molecule has 2 N–H and O–H groups in total. The van der Waals surface area contributed by atoms with Gasteiger partial charge in [0.25, 0.3) is 0 Å². The molecule has 150 valence electrons. The summed E-state index contributed by atoms with van der Waals surface area (Å²) in [5.74, 6) is 2.43. The number of benzene rings is 1. The van der Waals surface area contributed by atoms with E-state index in [-0.39, 0.29) is 12.1 Å². The molecule has 1 aliphatic heterocycles. The Labute approximate surface area is 165 Å². The molecule has 1 aromatic carbocycles. The maximum Gasteiger partial charge on any atom is 0.405 e. The SMILES string of the molecule is CCN(C)c1nccc(N2CC[C@@H](Oc3ccc([C@H](C)NC(=O)O)cc3)C2)n1. The molecular weight excluding hydrogens is 358 g/mol. The van der Waals surface area contributed by atoms with Crippen LogP contribution in [0.2, 0.25) is 0 Å². The summed E-state index contributed by atoms with van der Waals surface area (Å²) in [6.07, 6.45) is 1.77. The summed E-state index contributed by atoms with van der Waals surface area (Å²) in [6, 6.07) is 9.22. The Balaban J connectivity index is 1.58. The monoisotopic (exact) mass is 385 g/mol. The summed E-state index contributed by atoms with van der Waals surface area (Å²) >= 11 is 0. The van der Waals surface area contributed by atoms with Crippen LogP contribution in [-0.2, 0) is 0 Å². The molecule has 1 amide bonds. The molecule has 0 bridgehead atoms. The van der Waals surface area contributed by atoms with E-state index in [1.54, 1.807) is 6.20 Å². The summed E-state index contributed by atoms with van der Waals surface area (Å²) in [5, 5.41) is 11.3. The molecule has 2 atom stereocenters. The zero-order valence-electron chi connectivity index (χ0n) is 16.5. The van der Waals surface area contributed by atoms with Crippen molar-refractivity contribution in [1.82, 2.24) is 15.3 Å². The maximum atomic E-state index is 10.8. The predicted molar refractivity (Wildman–Crippen MR) is 108 cm³/mol. The van der Waals surface area contributed by atoms with E-state index in [4.69, 9.17) is 9.84 Å². The molecule has 0 radical (unpaired) electrons. The highest BCUT2D eigenvalue weighted by Gasteiger charge is 2.25. The van der Waals surface area contributed by atoms with Gasteiger partial charge in [0.05, 0.1) is 12.6 Å². The van der Waals surface area contributed by atoms with Gasteiger partial charge in [-0.25, -0.2) is 9.78 Å². The number of hydrogen-bond acceptors (Lipinski definition) is 6. The van der Waals surface area contributed by atoms with Crippen LogP contribution in [-0.4, -0.2) is 54.0 Å². The largest absolute Gasteiger partial charge is 0.489 e. The lowest BCUT2D eigenvalue weighted by molar-refractivity contribution is 0.191. The van der Waals surface area contributed by atoms with Gasteiger partial charge in [-0.05, 0) is 37.6 Å². The Hall–Kier alpha value is -3.03. The molecule has 1 saturated heterocycles. The third kappa shape index (κ3) is 4.82. The number of anilines is 2. The molecule has 1 aliphatic rings. The van der Waals surface area contributed by atoms with Crippen molar-refractivity contribution in [2.45, 2.75) is 32.4 Å². The smallest absolute Gasteiger partial charge is 0.405 e. The molecule has 0 unspecified atom stereocenters. The molecule has 8 nitrogen and oxygen atoms in total. The van der Waals surface area contributed by atoms with Gasteiger partial charge in [-0.2, -0.15) is 4.98 Å². The second-order valence-electron chi connectivity index (χ2n) is 6.94. The van der Waals surface area contributed by atoms with E-state index in [1.807, 2.05) is 49.2 Å². The number of ether oxygens (including phenoxy) is 1. The average molecular weight is 385 g/mol. The minimum atomic E-state index is -1.03. The Kier molecular flexibility index (Phi) is 6.18. The van der Waals surface area contributed by atoms with Crippen LogP contribution in [0.25, 0.3) is 0 Å². The third-order valence-electron chi connectivity index (χ3n) is 4.94. The van der Waals surface area contributed by atoms with Crippen LogP contribution in [0, 0.1) is 0 Å². The fourth-order valence-corrected chi connectivity index (χ4v) is 3.17. The Morgan fingerprint density at radius 2 is 2.14 bits per heavy atom. The quantitative estimate of drug-likeness (QED) is 0.757. The first-order valence-corrected chi connectivity index (χ1v) is 9.51. The highest BCUT2D eigenvalue weighted by Crippen LogP contribution is 2.24. The van der Waals surface area contributed by atoms with Gasteiger partial charge in [-0.1, -0.05) is 12.1 Å². The molecule has 3 rings (SSSR count). The van der Waals surface area contributed by atoms with Gasteiger partial charge in [0.2, 0.25) is 5.95 Å². The van der Waals surface area contributed by atoms with Gasteiger partial charge in [0.15, 0.2) is 0 Å². The summed E-state index contributed by atoms with van der Waals surface area (Å²) in [7, 11) is 1.98. The van der Waals surface area contributed by atoms with E-state index >= 15 is 0 Å². The molecule has 2 aromatic rings. The minimum absolute atomic E-state index is 0.0859. The van der Waals surface area contributed by atoms with Crippen LogP contribution in [0.1, 0.15) is 31.9 Å². The van der Waals surface area contributed by atoms with Crippen LogP contribution < -0.4 is 19.9 Å². The van der Waals surface area contributed by atoms with E-state index in [2.05, 4.69) is 27.1 Å². The van der Waals surface area contributed by atoms with Gasteiger partial charge in [0, 0.05) is 32.8 Å². The van der Waals surface area contributed by atoms with Gasteiger partial charge in [-0.15, -0.1) is 0 Å². The van der Waals surface area contributed by atoms with Crippen molar-refractivity contribution >= 4 is 17.9 Å². The lowest BCUT2D eigenvalue weighted by Crippen LogP contribution is -2.26. The molecule has 28 heavy (non-hydrogen) atoms. The fourth-order valence-electron chi connectivity index (χ4n) is 3.17. The Morgan fingerprint density at radius 3 is 2.82 bits per heavy atom. The lowest BCUT2D eigenvalue weighted by Gasteiger charge is -2.20. The molecule has 2 heterocycles. The van der Waals surface area contributed by atoms with Crippen molar-refractivity contribution in [2.24, 2.45) is 0 Å². The van der Waals surface area contributed by atoms with Crippen LogP contribution in [0.15, 0.2) is 36.5 Å². The van der Waals surface area contributed by atoms with Crippen LogP contribution >= 0.6 is 0 Å². The van der Waals surface area contributed by atoms with Gasteiger partial charge < -0.3 is 25.0 Å². The van der Waals surface area contributed by atoms with E-state index in [1.165, 1.54) is 0 Å². The number of aromatic nitrogens is 2. The van der Waals surface area contributed by atoms with Gasteiger partial charge >= 0.3 is 6.09 Å². The number of carboxylic acid groups (broad SMARTS) is 1. The highest BCUT2D eigenvalue weighted by atomic mass is 16.5. The first kappa shape index (κ1) is 19.7. The van der Waals surface area contributed by atoms with Crippen molar-refractivity contribution in [3.8, 4) is 5.75 Å². The van der Waals surface area contributed by atoms with E-state index in [0.717, 1.165) is 49.1 Å². The minimum Gasteiger partial charge on any atom is -0.489 e. The van der Waals surface area contributed by atoms with E-state index < -0.39 is 6.09 Å². The fraction of sp³-hybridized carbons (Fsp3) is 0.450. The second kappa shape index (κ2) is 8.77. The van der Waals surface area contributed by atoms with Crippen molar-refractivity contribution in [3.05, 3.63) is 42.1 Å². The molecule has 0 saturated carbocycles. The maximum absolute atomic E-state index is 10.8. The van der Waals surface area contributed by atoms with Crippen molar-refractivity contribution in [2.75, 3.05) is 36.5 Å². The topological polar surface area (TPSA) is 90.8 Å². The van der Waals surface area contributed by atoms with Crippen LogP contribution in [0.5, 0.6) is 5.75 Å². The first-order chi connectivity index (χ1) is 13.5. The molecule has 0 aliphatic carbocycles. The van der Waals surface area contributed by atoms with E-state index in [9.17, 15) is 4.79 Å². The van der Waals surface area contributed by atoms with Crippen molar-refractivity contribution in [1.29, 1.82) is 0 Å². The number of amides is 1. The highest BCUT2D eigenvalue weighted by molar-refractivity contribution is 5.65. The summed E-state index contributed by atoms with van der Waals surface area (Å²) in [6.45, 7) is 6.38. The van der Waals surface area contributed by atoms with Gasteiger partial charge in [-0.3, -0.25) is 0 Å². The Bertz CT molecular complexity index is 799. The number of nitrogens with zero attached hydrogens (tertiary/aromatic N) is 4. The number of nitrogens with one attached hydrogen (secondary N) is 1. The summed E-state index contributed by atoms with van der Waals surface area (Å²) < 4.78 is 6.11. The first-order valence-electron chi connectivity index (χ1n) is 9.51. The molecule has 0 spiro atoms. The lowest BCUT2D eigenvalue weighted by atomic mass is 10.1. The number of carbonyl (C=O) groups is 1. The van der Waals surface area contributed by atoms with Crippen molar-refractivity contribution in [3.63, 3.8) is 0 Å². The predicted octanol–water partition coefficient (Wildman–Crippen LogP) is 2.92. The molecule has 1 fully saturated rings. The molecule has 8 heteroatoms. The zero-order valence-corrected chi connectivity index (χ0v) is 16.5. The molecular formula is C20H27N5O3. The number of rotatable bonds is 7. The van der Waals surface area contributed by atoms with E-state index in [0.29, 0.717) is 0 Å².